The molecule has 5 heteroatoms. The summed E-state index contributed by atoms with van der Waals surface area (Å²) in [4.78, 5) is 11.3. The quantitative estimate of drug-likeness (QED) is 0.732. The van der Waals surface area contributed by atoms with E-state index in [1.165, 1.54) is 0 Å². The molecule has 0 spiro atoms. The molecule has 0 heterocycles. The molecule has 0 aliphatic carbocycles. The second-order valence-electron chi connectivity index (χ2n) is 4.42. The normalized spacial score (nSPS) is 12.0. The van der Waals surface area contributed by atoms with Gasteiger partial charge < -0.3 is 15.2 Å². The average Bonchev–Trinajstić information content (AvgIpc) is 2.39. The standard InChI is InChI=1S/C15H22BrNO3/c1-3-19-11-8-9-12(13(16)10-11)14(17)6-5-7-15(18)20-4-2/h8-10,14H,3-7,17H2,1-2H3. The topological polar surface area (TPSA) is 61.5 Å². The Balaban J connectivity index is 2.50. The van der Waals surface area contributed by atoms with Gasteiger partial charge in [-0.3, -0.25) is 4.79 Å². The fraction of sp³-hybridized carbons (Fsp3) is 0.533. The Morgan fingerprint density at radius 2 is 2.10 bits per heavy atom. The Kier molecular flexibility index (Phi) is 7.62. The zero-order chi connectivity index (χ0) is 15.0. The number of hydrogen-bond acceptors (Lipinski definition) is 4. The summed E-state index contributed by atoms with van der Waals surface area (Å²) in [6, 6.07) is 5.69. The van der Waals surface area contributed by atoms with Gasteiger partial charge in [0.15, 0.2) is 0 Å². The van der Waals surface area contributed by atoms with Gasteiger partial charge >= 0.3 is 5.97 Å². The van der Waals surface area contributed by atoms with E-state index in [-0.39, 0.29) is 12.0 Å². The molecule has 1 atom stereocenters. The Morgan fingerprint density at radius 3 is 2.70 bits per heavy atom. The number of hydrogen-bond donors (Lipinski definition) is 1. The van der Waals surface area contributed by atoms with Gasteiger partial charge in [-0.05, 0) is 44.4 Å². The average molecular weight is 344 g/mol. The highest BCUT2D eigenvalue weighted by atomic mass is 79.9. The minimum absolute atomic E-state index is 0.102. The maximum atomic E-state index is 11.3. The Labute approximate surface area is 128 Å². The molecule has 0 radical (unpaired) electrons. The first-order chi connectivity index (χ1) is 9.58. The van der Waals surface area contributed by atoms with Crippen LogP contribution in [-0.4, -0.2) is 19.2 Å². The SMILES string of the molecule is CCOC(=O)CCCC(N)c1ccc(OCC)cc1Br. The Morgan fingerprint density at radius 1 is 1.35 bits per heavy atom. The zero-order valence-corrected chi connectivity index (χ0v) is 13.6. The molecule has 1 aromatic carbocycles. The molecular weight excluding hydrogens is 322 g/mol. The zero-order valence-electron chi connectivity index (χ0n) is 12.0. The smallest absolute Gasteiger partial charge is 0.305 e. The number of carbonyl (C=O) groups is 1. The van der Waals surface area contributed by atoms with Crippen molar-refractivity contribution in [3.8, 4) is 5.75 Å². The lowest BCUT2D eigenvalue weighted by Crippen LogP contribution is -2.12. The number of halogens is 1. The van der Waals surface area contributed by atoms with Crippen LogP contribution < -0.4 is 10.5 Å². The monoisotopic (exact) mass is 343 g/mol. The van der Waals surface area contributed by atoms with Gasteiger partial charge in [-0.2, -0.15) is 0 Å². The van der Waals surface area contributed by atoms with Crippen LogP contribution in [0.1, 0.15) is 44.7 Å². The van der Waals surface area contributed by atoms with Crippen LogP contribution in [0.4, 0.5) is 0 Å². The van der Waals surface area contributed by atoms with Gasteiger partial charge in [0, 0.05) is 16.9 Å². The third-order valence-electron chi connectivity index (χ3n) is 2.88. The summed E-state index contributed by atoms with van der Waals surface area (Å²) in [6.45, 7) is 4.82. The van der Waals surface area contributed by atoms with Crippen molar-refractivity contribution in [3.63, 3.8) is 0 Å². The van der Waals surface area contributed by atoms with Crippen molar-refractivity contribution in [1.29, 1.82) is 0 Å². The van der Waals surface area contributed by atoms with E-state index in [0.717, 1.165) is 28.6 Å². The van der Waals surface area contributed by atoms with E-state index in [2.05, 4.69) is 15.9 Å². The summed E-state index contributed by atoms with van der Waals surface area (Å²) in [5, 5.41) is 0. The van der Waals surface area contributed by atoms with Gasteiger partial charge in [0.1, 0.15) is 5.75 Å². The largest absolute Gasteiger partial charge is 0.494 e. The molecule has 0 fully saturated rings. The van der Waals surface area contributed by atoms with Crippen LogP contribution in [0.5, 0.6) is 5.75 Å². The molecule has 2 N–H and O–H groups in total. The summed E-state index contributed by atoms with van der Waals surface area (Å²) in [6.07, 6.45) is 1.88. The lowest BCUT2D eigenvalue weighted by molar-refractivity contribution is -0.143. The van der Waals surface area contributed by atoms with Crippen LogP contribution >= 0.6 is 15.9 Å². The van der Waals surface area contributed by atoms with E-state index in [4.69, 9.17) is 15.2 Å². The number of ether oxygens (including phenoxy) is 2. The molecule has 20 heavy (non-hydrogen) atoms. The molecule has 0 saturated carbocycles. The van der Waals surface area contributed by atoms with Gasteiger partial charge in [-0.15, -0.1) is 0 Å². The summed E-state index contributed by atoms with van der Waals surface area (Å²) < 4.78 is 11.3. The predicted molar refractivity (Wildman–Crippen MR) is 82.7 cm³/mol. The van der Waals surface area contributed by atoms with E-state index >= 15 is 0 Å². The first-order valence-corrected chi connectivity index (χ1v) is 7.71. The molecule has 0 aliphatic rings. The predicted octanol–water partition coefficient (Wildman–Crippen LogP) is 3.58. The van der Waals surface area contributed by atoms with Crippen molar-refractivity contribution in [2.75, 3.05) is 13.2 Å². The summed E-state index contributed by atoms with van der Waals surface area (Å²) in [5.74, 6) is 0.660. The van der Waals surface area contributed by atoms with E-state index < -0.39 is 0 Å². The summed E-state index contributed by atoms with van der Waals surface area (Å²) in [7, 11) is 0. The Hall–Kier alpha value is -1.07. The van der Waals surface area contributed by atoms with Gasteiger partial charge in [0.2, 0.25) is 0 Å². The molecule has 0 bridgehead atoms. The fourth-order valence-corrected chi connectivity index (χ4v) is 2.57. The molecule has 112 valence electrons. The first-order valence-electron chi connectivity index (χ1n) is 6.91. The van der Waals surface area contributed by atoms with Gasteiger partial charge in [0.25, 0.3) is 0 Å². The highest BCUT2D eigenvalue weighted by molar-refractivity contribution is 9.10. The van der Waals surface area contributed by atoms with E-state index in [0.29, 0.717) is 19.6 Å². The van der Waals surface area contributed by atoms with Crippen LogP contribution in [0.3, 0.4) is 0 Å². The summed E-state index contributed by atoms with van der Waals surface area (Å²) in [5.41, 5.74) is 7.18. The number of esters is 1. The molecule has 1 unspecified atom stereocenters. The van der Waals surface area contributed by atoms with E-state index in [1.54, 1.807) is 6.92 Å². The Bertz CT molecular complexity index is 437. The lowest BCUT2D eigenvalue weighted by Gasteiger charge is -2.15. The summed E-state index contributed by atoms with van der Waals surface area (Å²) >= 11 is 3.51. The number of nitrogens with two attached hydrogens (primary N) is 1. The van der Waals surface area contributed by atoms with Crippen molar-refractivity contribution >= 4 is 21.9 Å². The van der Waals surface area contributed by atoms with Gasteiger partial charge in [-0.1, -0.05) is 22.0 Å². The van der Waals surface area contributed by atoms with Crippen LogP contribution in [0.15, 0.2) is 22.7 Å². The molecule has 0 aromatic heterocycles. The maximum absolute atomic E-state index is 11.3. The molecular formula is C15H22BrNO3. The maximum Gasteiger partial charge on any atom is 0.305 e. The number of benzene rings is 1. The van der Waals surface area contributed by atoms with Crippen molar-refractivity contribution in [2.45, 2.75) is 39.2 Å². The highest BCUT2D eigenvalue weighted by Gasteiger charge is 2.12. The van der Waals surface area contributed by atoms with Crippen LogP contribution in [0.2, 0.25) is 0 Å². The third-order valence-corrected chi connectivity index (χ3v) is 3.57. The second-order valence-corrected chi connectivity index (χ2v) is 5.27. The molecule has 0 amide bonds. The number of carbonyl (C=O) groups excluding carboxylic acids is 1. The molecule has 4 nitrogen and oxygen atoms in total. The van der Waals surface area contributed by atoms with E-state index in [9.17, 15) is 4.79 Å². The highest BCUT2D eigenvalue weighted by Crippen LogP contribution is 2.29. The van der Waals surface area contributed by atoms with Crippen LogP contribution in [0.25, 0.3) is 0 Å². The van der Waals surface area contributed by atoms with Crippen LogP contribution in [-0.2, 0) is 9.53 Å². The third kappa shape index (κ3) is 5.51. The second kappa shape index (κ2) is 8.97. The fourth-order valence-electron chi connectivity index (χ4n) is 1.92. The molecule has 1 rings (SSSR count). The number of rotatable bonds is 8. The van der Waals surface area contributed by atoms with Crippen LogP contribution in [0, 0.1) is 0 Å². The van der Waals surface area contributed by atoms with Crippen molar-refractivity contribution in [3.05, 3.63) is 28.2 Å². The first kappa shape index (κ1) is 17.0. The molecule has 0 saturated heterocycles. The van der Waals surface area contributed by atoms with E-state index in [1.807, 2.05) is 25.1 Å². The molecule has 1 aromatic rings. The van der Waals surface area contributed by atoms with Gasteiger partial charge in [-0.25, -0.2) is 0 Å². The lowest BCUT2D eigenvalue weighted by atomic mass is 10.0. The van der Waals surface area contributed by atoms with Gasteiger partial charge in [0.05, 0.1) is 13.2 Å². The minimum Gasteiger partial charge on any atom is -0.494 e. The van der Waals surface area contributed by atoms with Crippen molar-refractivity contribution in [2.24, 2.45) is 5.73 Å². The van der Waals surface area contributed by atoms with Crippen molar-refractivity contribution < 1.29 is 14.3 Å². The molecule has 0 aliphatic heterocycles. The van der Waals surface area contributed by atoms with Crippen molar-refractivity contribution in [1.82, 2.24) is 0 Å². The minimum atomic E-state index is -0.162.